The number of rotatable bonds is 1. The van der Waals surface area contributed by atoms with E-state index in [0.29, 0.717) is 31.6 Å². The molecular formula is C23H22N4O4. The lowest BCUT2D eigenvalue weighted by Crippen LogP contribution is -2.63. The van der Waals surface area contributed by atoms with Gasteiger partial charge in [0.1, 0.15) is 6.10 Å². The van der Waals surface area contributed by atoms with Gasteiger partial charge in [0, 0.05) is 19.3 Å². The summed E-state index contributed by atoms with van der Waals surface area (Å²) >= 11 is 0. The average molecular weight is 418 g/mol. The van der Waals surface area contributed by atoms with Crippen LogP contribution in [-0.2, 0) is 18.9 Å². The first kappa shape index (κ1) is 20.0. The molecule has 8 heteroatoms. The first-order chi connectivity index (χ1) is 14.8. The van der Waals surface area contributed by atoms with Crippen LogP contribution in [0.25, 0.3) is 0 Å². The van der Waals surface area contributed by atoms with E-state index in [1.807, 2.05) is 32.0 Å². The number of hydrogen-bond acceptors (Lipinski definition) is 8. The summed E-state index contributed by atoms with van der Waals surface area (Å²) in [6.45, 7) is 4.67. The van der Waals surface area contributed by atoms with Crippen LogP contribution in [-0.4, -0.2) is 30.7 Å². The van der Waals surface area contributed by atoms with Crippen molar-refractivity contribution in [2.24, 2.45) is 16.7 Å². The molecule has 3 aliphatic heterocycles. The number of aryl methyl sites for hydroxylation is 2. The fourth-order valence-corrected chi connectivity index (χ4v) is 5.87. The van der Waals surface area contributed by atoms with Crippen molar-refractivity contribution in [3.8, 4) is 18.2 Å². The van der Waals surface area contributed by atoms with Crippen LogP contribution in [0.15, 0.2) is 18.2 Å². The van der Waals surface area contributed by atoms with E-state index < -0.39 is 34.4 Å². The molecule has 31 heavy (non-hydrogen) atoms. The zero-order valence-electron chi connectivity index (χ0n) is 17.4. The van der Waals surface area contributed by atoms with Gasteiger partial charge in [-0.3, -0.25) is 5.41 Å². The molecule has 4 atom stereocenters. The van der Waals surface area contributed by atoms with E-state index in [1.54, 1.807) is 0 Å². The lowest BCUT2D eigenvalue weighted by molar-refractivity contribution is -0.330. The average Bonchev–Trinajstić information content (AvgIpc) is 3.29. The number of benzene rings is 1. The molecule has 1 spiro atoms. The fourth-order valence-electron chi connectivity index (χ4n) is 5.87. The van der Waals surface area contributed by atoms with Crippen LogP contribution in [0.4, 0.5) is 0 Å². The maximum Gasteiger partial charge on any atom is 0.218 e. The maximum atomic E-state index is 10.5. The standard InChI is InChI=1S/C23H22N4O4/c1-14-3-4-15(2)16(9-14)18-20(11-24,12-25)22(13-26)17-10-21(28-7-8-29-21)5-6-23(17,30-18)31-19(22)27/h3-4,9,17-18,27H,5-8,10H2,1-2H3. The van der Waals surface area contributed by atoms with Crippen LogP contribution < -0.4 is 0 Å². The van der Waals surface area contributed by atoms with Crippen molar-refractivity contribution < 1.29 is 18.9 Å². The highest BCUT2D eigenvalue weighted by Crippen LogP contribution is 2.70. The Morgan fingerprint density at radius 1 is 1.03 bits per heavy atom. The lowest BCUT2D eigenvalue weighted by atomic mass is 9.51. The number of nitriles is 3. The molecule has 0 aromatic heterocycles. The van der Waals surface area contributed by atoms with E-state index in [4.69, 9.17) is 24.4 Å². The monoisotopic (exact) mass is 418 g/mol. The fraction of sp³-hybridized carbons (Fsp3) is 0.565. The molecule has 4 fully saturated rings. The molecule has 1 saturated carbocycles. The Bertz CT molecular complexity index is 1090. The van der Waals surface area contributed by atoms with Crippen molar-refractivity contribution in [3.63, 3.8) is 0 Å². The summed E-state index contributed by atoms with van der Waals surface area (Å²) in [5, 5.41) is 39.9. The van der Waals surface area contributed by atoms with E-state index in [-0.39, 0.29) is 12.3 Å². The van der Waals surface area contributed by atoms with Crippen LogP contribution in [0.2, 0.25) is 0 Å². The summed E-state index contributed by atoms with van der Waals surface area (Å²) in [6.07, 6.45) is -0.0180. The third-order valence-electron chi connectivity index (χ3n) is 7.45. The molecule has 3 saturated heterocycles. The van der Waals surface area contributed by atoms with Crippen LogP contribution in [0.5, 0.6) is 0 Å². The third kappa shape index (κ3) is 2.24. The minimum absolute atomic E-state index is 0.216. The quantitative estimate of drug-likeness (QED) is 0.740. The van der Waals surface area contributed by atoms with Gasteiger partial charge >= 0.3 is 0 Å². The Kier molecular flexibility index (Phi) is 4.04. The van der Waals surface area contributed by atoms with Crippen LogP contribution >= 0.6 is 0 Å². The SMILES string of the molecule is Cc1ccc(C)c(C2OC34CCC5(CC3C(C#N)(C(=N)O4)C2(C#N)C#N)OCCO5)c1. The van der Waals surface area contributed by atoms with Gasteiger partial charge in [-0.15, -0.1) is 0 Å². The second-order valence-electron chi connectivity index (χ2n) is 8.92. The van der Waals surface area contributed by atoms with Gasteiger partial charge in [0.2, 0.25) is 17.1 Å². The molecule has 8 nitrogen and oxygen atoms in total. The molecule has 2 bridgehead atoms. The molecule has 1 aromatic carbocycles. The minimum Gasteiger partial charge on any atom is -0.447 e. The zero-order valence-corrected chi connectivity index (χ0v) is 17.4. The maximum absolute atomic E-state index is 10.5. The lowest BCUT2D eigenvalue weighted by Gasteiger charge is -2.54. The number of nitrogens with one attached hydrogen (secondary N) is 1. The molecule has 1 aliphatic carbocycles. The number of ether oxygens (including phenoxy) is 4. The molecule has 1 aromatic rings. The van der Waals surface area contributed by atoms with Gasteiger partial charge in [-0.25, -0.2) is 0 Å². The Labute approximate surface area is 180 Å². The van der Waals surface area contributed by atoms with E-state index >= 15 is 0 Å². The van der Waals surface area contributed by atoms with Crippen molar-refractivity contribution in [1.82, 2.24) is 0 Å². The van der Waals surface area contributed by atoms with Crippen molar-refractivity contribution in [3.05, 3.63) is 34.9 Å². The molecule has 158 valence electrons. The number of nitrogens with zero attached hydrogens (tertiary/aromatic N) is 3. The third-order valence-corrected chi connectivity index (χ3v) is 7.45. The Morgan fingerprint density at radius 3 is 2.39 bits per heavy atom. The highest BCUT2D eigenvalue weighted by atomic mass is 16.7. The van der Waals surface area contributed by atoms with Gasteiger partial charge < -0.3 is 18.9 Å². The molecule has 3 heterocycles. The zero-order chi connectivity index (χ0) is 22.1. The first-order valence-corrected chi connectivity index (χ1v) is 10.4. The summed E-state index contributed by atoms with van der Waals surface area (Å²) in [4.78, 5) is 0. The summed E-state index contributed by atoms with van der Waals surface area (Å²) in [7, 11) is 0. The van der Waals surface area contributed by atoms with Gasteiger partial charge in [-0.05, 0) is 25.0 Å². The highest BCUT2D eigenvalue weighted by molar-refractivity contribution is 5.89. The smallest absolute Gasteiger partial charge is 0.218 e. The van der Waals surface area contributed by atoms with Crippen molar-refractivity contribution in [2.75, 3.05) is 13.2 Å². The van der Waals surface area contributed by atoms with Gasteiger partial charge in [0.05, 0.1) is 37.3 Å². The summed E-state index contributed by atoms with van der Waals surface area (Å²) < 4.78 is 24.3. The van der Waals surface area contributed by atoms with Crippen molar-refractivity contribution in [2.45, 2.75) is 50.8 Å². The van der Waals surface area contributed by atoms with Gasteiger partial charge in [0.25, 0.3) is 0 Å². The van der Waals surface area contributed by atoms with Crippen LogP contribution in [0, 0.1) is 70.0 Å². The summed E-state index contributed by atoms with van der Waals surface area (Å²) in [5.74, 6) is -3.32. The number of hydrogen-bond donors (Lipinski definition) is 1. The molecular weight excluding hydrogens is 396 g/mol. The van der Waals surface area contributed by atoms with Gasteiger partial charge in [-0.1, -0.05) is 23.8 Å². The minimum atomic E-state index is -1.97. The molecule has 1 N–H and O–H groups in total. The summed E-state index contributed by atoms with van der Waals surface area (Å²) in [6, 6.07) is 12.1. The molecule has 5 rings (SSSR count). The van der Waals surface area contributed by atoms with Crippen LogP contribution in [0.1, 0.15) is 42.1 Å². The molecule has 0 radical (unpaired) electrons. The van der Waals surface area contributed by atoms with E-state index in [9.17, 15) is 15.8 Å². The van der Waals surface area contributed by atoms with E-state index in [1.165, 1.54) is 0 Å². The first-order valence-electron chi connectivity index (χ1n) is 10.4. The highest BCUT2D eigenvalue weighted by Gasteiger charge is 2.82. The van der Waals surface area contributed by atoms with Crippen LogP contribution in [0.3, 0.4) is 0 Å². The topological polar surface area (TPSA) is 132 Å². The molecule has 4 aliphatic rings. The Morgan fingerprint density at radius 2 is 1.74 bits per heavy atom. The molecule has 0 amide bonds. The predicted octanol–water partition coefficient (Wildman–Crippen LogP) is 3.17. The Balaban J connectivity index is 1.75. The van der Waals surface area contributed by atoms with Gasteiger partial charge in [0.15, 0.2) is 11.2 Å². The second kappa shape index (κ2) is 6.28. The van der Waals surface area contributed by atoms with Gasteiger partial charge in [-0.2, -0.15) is 15.8 Å². The summed E-state index contributed by atoms with van der Waals surface area (Å²) in [5.41, 5.74) is -1.34. The molecule has 4 unspecified atom stereocenters. The normalized spacial score (nSPS) is 36.7. The van der Waals surface area contributed by atoms with E-state index in [0.717, 1.165) is 11.1 Å². The largest absolute Gasteiger partial charge is 0.447 e. The predicted molar refractivity (Wildman–Crippen MR) is 105 cm³/mol. The van der Waals surface area contributed by atoms with Crippen molar-refractivity contribution in [1.29, 1.82) is 21.2 Å². The van der Waals surface area contributed by atoms with E-state index in [2.05, 4.69) is 18.2 Å². The van der Waals surface area contributed by atoms with Crippen molar-refractivity contribution >= 4 is 5.90 Å². The Hall–Kier alpha value is -2.96. The second-order valence-corrected chi connectivity index (χ2v) is 8.92.